The summed E-state index contributed by atoms with van der Waals surface area (Å²) in [6.45, 7) is 0. The van der Waals surface area contributed by atoms with Gasteiger partial charge in [-0.25, -0.2) is 9.59 Å². The number of aryl methyl sites for hydroxylation is 1. The van der Waals surface area contributed by atoms with Crippen molar-refractivity contribution in [3.8, 4) is 5.88 Å². The minimum atomic E-state index is -0.703. The molecule has 0 bridgehead atoms. The summed E-state index contributed by atoms with van der Waals surface area (Å²) in [4.78, 5) is 23.4. The number of benzene rings is 1. The molecule has 0 saturated carbocycles. The van der Waals surface area contributed by atoms with Crippen LogP contribution in [0.25, 0.3) is 0 Å². The predicted octanol–water partition coefficient (Wildman–Crippen LogP) is 2.73. The minimum absolute atomic E-state index is 0.0334. The molecule has 2 aromatic rings. The Labute approximate surface area is 130 Å². The Morgan fingerprint density at radius 2 is 1.90 bits per heavy atom. The van der Waals surface area contributed by atoms with Gasteiger partial charge >= 0.3 is 11.9 Å². The molecule has 0 atom stereocenters. The van der Waals surface area contributed by atoms with Gasteiger partial charge in [0.05, 0.1) is 17.7 Å². The Morgan fingerprint density at radius 1 is 1.19 bits per heavy atom. The van der Waals surface area contributed by atoms with E-state index in [-0.39, 0.29) is 22.2 Å². The van der Waals surface area contributed by atoms with Crippen molar-refractivity contribution < 1.29 is 19.1 Å². The smallest absolute Gasteiger partial charge is 0.356 e. The molecular weight excluding hydrogens is 319 g/mol. The summed E-state index contributed by atoms with van der Waals surface area (Å²) < 4.78 is 10.9. The highest BCUT2D eigenvalue weighted by Crippen LogP contribution is 2.22. The average molecular weight is 329 g/mol. The lowest BCUT2D eigenvalue weighted by atomic mass is 10.2. The quantitative estimate of drug-likeness (QED) is 0.810. The molecule has 0 aliphatic heterocycles. The highest BCUT2D eigenvalue weighted by atomic mass is 35.5. The van der Waals surface area contributed by atoms with Crippen molar-refractivity contribution >= 4 is 35.1 Å². The van der Waals surface area contributed by atoms with Crippen LogP contribution in [0.2, 0.25) is 10.0 Å². The van der Waals surface area contributed by atoms with E-state index < -0.39 is 11.9 Å². The fourth-order valence-corrected chi connectivity index (χ4v) is 2.08. The predicted molar refractivity (Wildman–Crippen MR) is 76.0 cm³/mol. The summed E-state index contributed by atoms with van der Waals surface area (Å²) in [6.07, 6.45) is 0. The van der Waals surface area contributed by atoms with Gasteiger partial charge in [-0.1, -0.05) is 23.2 Å². The van der Waals surface area contributed by atoms with Gasteiger partial charge in [-0.3, -0.25) is 4.68 Å². The van der Waals surface area contributed by atoms with Crippen molar-refractivity contribution in [3.63, 3.8) is 0 Å². The fraction of sp³-hybridized carbons (Fsp3) is 0.154. The lowest BCUT2D eigenvalue weighted by molar-refractivity contribution is 0.0587. The van der Waals surface area contributed by atoms with Crippen LogP contribution in [0.1, 0.15) is 20.8 Å². The van der Waals surface area contributed by atoms with Crippen molar-refractivity contribution in [2.45, 2.75) is 0 Å². The minimum Gasteiger partial charge on any atom is -0.464 e. The monoisotopic (exact) mass is 328 g/mol. The van der Waals surface area contributed by atoms with E-state index in [0.717, 1.165) is 0 Å². The first-order chi connectivity index (χ1) is 9.92. The van der Waals surface area contributed by atoms with Gasteiger partial charge in [0.25, 0.3) is 0 Å². The summed E-state index contributed by atoms with van der Waals surface area (Å²) in [6, 6.07) is 5.69. The van der Waals surface area contributed by atoms with Crippen LogP contribution in [0.3, 0.4) is 0 Å². The van der Waals surface area contributed by atoms with Crippen LogP contribution in [0, 0.1) is 0 Å². The molecule has 0 fully saturated rings. The SMILES string of the molecule is COC(=O)c1cc(OC(=O)c2ccc(Cl)cc2Cl)nn1C. The number of ether oxygens (including phenoxy) is 2. The molecule has 0 saturated heterocycles. The number of nitrogens with zero attached hydrogens (tertiary/aromatic N) is 2. The normalized spacial score (nSPS) is 10.3. The van der Waals surface area contributed by atoms with Crippen LogP contribution in [0.4, 0.5) is 0 Å². The molecule has 2 rings (SSSR count). The molecule has 1 aromatic carbocycles. The second kappa shape index (κ2) is 6.15. The third-order valence-electron chi connectivity index (χ3n) is 2.60. The first kappa shape index (κ1) is 15.3. The van der Waals surface area contributed by atoms with Gasteiger partial charge in [-0.2, -0.15) is 0 Å². The molecule has 110 valence electrons. The fourth-order valence-electron chi connectivity index (χ4n) is 1.59. The molecule has 0 aliphatic rings. The number of esters is 2. The number of carbonyl (C=O) groups excluding carboxylic acids is 2. The van der Waals surface area contributed by atoms with Gasteiger partial charge in [-0.05, 0) is 18.2 Å². The zero-order chi connectivity index (χ0) is 15.6. The molecule has 0 amide bonds. The van der Waals surface area contributed by atoms with E-state index in [1.54, 1.807) is 0 Å². The van der Waals surface area contributed by atoms with E-state index in [2.05, 4.69) is 9.84 Å². The molecule has 8 heteroatoms. The lowest BCUT2D eigenvalue weighted by Gasteiger charge is -2.03. The van der Waals surface area contributed by atoms with Crippen LogP contribution >= 0.6 is 23.2 Å². The summed E-state index contributed by atoms with van der Waals surface area (Å²) in [5.74, 6) is -1.32. The Kier molecular flexibility index (Phi) is 4.50. The van der Waals surface area contributed by atoms with Crippen LogP contribution < -0.4 is 4.74 Å². The van der Waals surface area contributed by atoms with Crippen LogP contribution in [0.5, 0.6) is 5.88 Å². The Hall–Kier alpha value is -2.05. The average Bonchev–Trinajstić information content (AvgIpc) is 2.78. The van der Waals surface area contributed by atoms with E-state index >= 15 is 0 Å². The number of methoxy groups -OCH3 is 1. The molecule has 6 nitrogen and oxygen atoms in total. The topological polar surface area (TPSA) is 70.4 Å². The standard InChI is InChI=1S/C13H10Cl2N2O4/c1-17-10(13(19)20-2)6-11(16-17)21-12(18)8-4-3-7(14)5-9(8)15/h3-6H,1-2H3. The molecule has 0 spiro atoms. The first-order valence-electron chi connectivity index (χ1n) is 5.72. The van der Waals surface area contributed by atoms with Crippen LogP contribution in [0.15, 0.2) is 24.3 Å². The maximum Gasteiger partial charge on any atom is 0.356 e. The molecule has 1 aromatic heterocycles. The van der Waals surface area contributed by atoms with Gasteiger partial charge < -0.3 is 9.47 Å². The molecule has 0 aliphatic carbocycles. The second-order valence-corrected chi connectivity index (χ2v) is 4.84. The zero-order valence-electron chi connectivity index (χ0n) is 11.1. The summed E-state index contributed by atoms with van der Waals surface area (Å²) in [5, 5.41) is 4.46. The van der Waals surface area contributed by atoms with Gasteiger partial charge in [0.1, 0.15) is 5.69 Å². The molecule has 0 radical (unpaired) electrons. The van der Waals surface area contributed by atoms with Crippen molar-refractivity contribution in [2.24, 2.45) is 7.05 Å². The van der Waals surface area contributed by atoms with Crippen molar-refractivity contribution in [1.29, 1.82) is 0 Å². The van der Waals surface area contributed by atoms with Crippen molar-refractivity contribution in [3.05, 3.63) is 45.6 Å². The largest absolute Gasteiger partial charge is 0.464 e. The molecular formula is C13H10Cl2N2O4. The highest BCUT2D eigenvalue weighted by Gasteiger charge is 2.18. The number of carbonyl (C=O) groups is 2. The highest BCUT2D eigenvalue weighted by molar-refractivity contribution is 6.36. The van der Waals surface area contributed by atoms with Gasteiger partial charge in [0.2, 0.25) is 5.88 Å². The number of aromatic nitrogens is 2. The summed E-state index contributed by atoms with van der Waals surface area (Å²) in [5.41, 5.74) is 0.300. The van der Waals surface area contributed by atoms with Crippen molar-refractivity contribution in [2.75, 3.05) is 7.11 Å². The third-order valence-corrected chi connectivity index (χ3v) is 3.15. The zero-order valence-corrected chi connectivity index (χ0v) is 12.6. The summed E-state index contributed by atoms with van der Waals surface area (Å²) in [7, 11) is 2.77. The lowest BCUT2D eigenvalue weighted by Crippen LogP contribution is -2.09. The van der Waals surface area contributed by atoms with Crippen LogP contribution in [-0.2, 0) is 11.8 Å². The number of hydrogen-bond acceptors (Lipinski definition) is 5. The Bertz CT molecular complexity index is 712. The third kappa shape index (κ3) is 3.34. The molecule has 0 N–H and O–H groups in total. The molecule has 0 unspecified atom stereocenters. The van der Waals surface area contributed by atoms with E-state index in [1.807, 2.05) is 0 Å². The van der Waals surface area contributed by atoms with E-state index in [0.29, 0.717) is 5.02 Å². The van der Waals surface area contributed by atoms with E-state index in [9.17, 15) is 9.59 Å². The van der Waals surface area contributed by atoms with Gasteiger partial charge in [0.15, 0.2) is 0 Å². The van der Waals surface area contributed by atoms with Gasteiger partial charge in [0, 0.05) is 18.1 Å². The van der Waals surface area contributed by atoms with Gasteiger partial charge in [-0.15, -0.1) is 5.10 Å². The van der Waals surface area contributed by atoms with Crippen molar-refractivity contribution in [1.82, 2.24) is 9.78 Å². The summed E-state index contributed by atoms with van der Waals surface area (Å²) >= 11 is 11.7. The maximum absolute atomic E-state index is 12.0. The number of rotatable bonds is 3. The molecule has 1 heterocycles. The first-order valence-corrected chi connectivity index (χ1v) is 6.47. The number of halogens is 2. The Balaban J connectivity index is 2.22. The maximum atomic E-state index is 12.0. The Morgan fingerprint density at radius 3 is 2.52 bits per heavy atom. The molecule has 21 heavy (non-hydrogen) atoms. The number of hydrogen-bond donors (Lipinski definition) is 0. The van der Waals surface area contributed by atoms with Crippen LogP contribution in [-0.4, -0.2) is 28.8 Å². The van der Waals surface area contributed by atoms with E-state index in [4.69, 9.17) is 27.9 Å². The van der Waals surface area contributed by atoms with E-state index in [1.165, 1.54) is 43.1 Å². The second-order valence-electron chi connectivity index (χ2n) is 4.00.